The number of nitrogens with zero attached hydrogens (tertiary/aromatic N) is 1. The van der Waals surface area contributed by atoms with Crippen molar-refractivity contribution in [3.05, 3.63) is 66.7 Å². The maximum absolute atomic E-state index is 6.28. The first-order chi connectivity index (χ1) is 19.2. The summed E-state index contributed by atoms with van der Waals surface area (Å²) in [5, 5.41) is 0. The number of benzene rings is 3. The van der Waals surface area contributed by atoms with Gasteiger partial charge in [0.1, 0.15) is 11.5 Å². The number of rotatable bonds is 7. The van der Waals surface area contributed by atoms with E-state index in [1.807, 2.05) is 18.2 Å². The van der Waals surface area contributed by atoms with Gasteiger partial charge in [-0.05, 0) is 103 Å². The Kier molecular flexibility index (Phi) is 7.48. The molecule has 0 bridgehead atoms. The summed E-state index contributed by atoms with van der Waals surface area (Å²) in [6.45, 7) is 16.5. The van der Waals surface area contributed by atoms with Gasteiger partial charge in [-0.15, -0.1) is 0 Å². The van der Waals surface area contributed by atoms with Crippen molar-refractivity contribution in [3.63, 3.8) is 0 Å². The molecule has 9 heteroatoms. The van der Waals surface area contributed by atoms with Crippen LogP contribution in [0, 0.1) is 0 Å². The molecular formula is C32H41B2NO6. The van der Waals surface area contributed by atoms with Crippen LogP contribution in [-0.2, 0) is 18.6 Å². The van der Waals surface area contributed by atoms with Gasteiger partial charge in [-0.1, -0.05) is 24.3 Å². The normalized spacial score (nSPS) is 20.2. The summed E-state index contributed by atoms with van der Waals surface area (Å²) in [5.41, 5.74) is 3.09. The van der Waals surface area contributed by atoms with Crippen LogP contribution in [-0.4, -0.2) is 50.9 Å². The van der Waals surface area contributed by atoms with E-state index in [2.05, 4.69) is 109 Å². The second-order valence-corrected chi connectivity index (χ2v) is 12.7. The van der Waals surface area contributed by atoms with Crippen molar-refractivity contribution in [3.8, 4) is 11.5 Å². The van der Waals surface area contributed by atoms with Crippen LogP contribution in [0.5, 0.6) is 11.5 Å². The summed E-state index contributed by atoms with van der Waals surface area (Å²) in [6.07, 6.45) is 0. The van der Waals surface area contributed by atoms with Crippen LogP contribution in [0.1, 0.15) is 55.4 Å². The third-order valence-corrected chi connectivity index (χ3v) is 8.98. The summed E-state index contributed by atoms with van der Waals surface area (Å²) in [4.78, 5) is 2.15. The minimum atomic E-state index is -0.433. The fourth-order valence-electron chi connectivity index (χ4n) is 4.92. The summed E-state index contributed by atoms with van der Waals surface area (Å²) < 4.78 is 36.4. The van der Waals surface area contributed by atoms with E-state index in [1.54, 1.807) is 14.2 Å². The van der Waals surface area contributed by atoms with Crippen molar-refractivity contribution >= 4 is 42.2 Å². The Hall–Kier alpha value is -2.97. The van der Waals surface area contributed by atoms with Gasteiger partial charge in [0.2, 0.25) is 0 Å². The van der Waals surface area contributed by atoms with Crippen molar-refractivity contribution in [1.82, 2.24) is 0 Å². The molecule has 2 saturated heterocycles. The standard InChI is InChI=1S/C32H41B2NO6/c1-29(2)30(3,4)39-33(38-29)22-11-15-24(16-12-22)35(27-20-19-26(36-9)21-28(27)37-10)25-17-13-23(14-18-25)34-40-31(5,6)32(7,8)41-34/h11-21H,1-10H3. The monoisotopic (exact) mass is 557 g/mol. The van der Waals surface area contributed by atoms with E-state index in [1.165, 1.54) is 0 Å². The molecule has 5 rings (SSSR count). The number of hydrogen-bond donors (Lipinski definition) is 0. The van der Waals surface area contributed by atoms with Crippen LogP contribution in [0.15, 0.2) is 66.7 Å². The third-order valence-electron chi connectivity index (χ3n) is 8.98. The van der Waals surface area contributed by atoms with Crippen LogP contribution in [0.3, 0.4) is 0 Å². The van der Waals surface area contributed by atoms with Crippen molar-refractivity contribution in [1.29, 1.82) is 0 Å². The number of anilines is 3. The Morgan fingerprint density at radius 2 is 0.927 bits per heavy atom. The molecule has 0 N–H and O–H groups in total. The van der Waals surface area contributed by atoms with Crippen molar-refractivity contribution in [2.75, 3.05) is 19.1 Å². The van der Waals surface area contributed by atoms with Crippen LogP contribution < -0.4 is 25.3 Å². The highest BCUT2D eigenvalue weighted by Crippen LogP contribution is 2.42. The number of methoxy groups -OCH3 is 2. The van der Waals surface area contributed by atoms with Crippen molar-refractivity contribution in [2.45, 2.75) is 77.8 Å². The fourth-order valence-corrected chi connectivity index (χ4v) is 4.92. The molecule has 0 saturated carbocycles. The van der Waals surface area contributed by atoms with E-state index < -0.39 is 36.6 Å². The third kappa shape index (κ3) is 5.37. The van der Waals surface area contributed by atoms with Crippen LogP contribution in [0.2, 0.25) is 0 Å². The average molecular weight is 557 g/mol. The zero-order valence-corrected chi connectivity index (χ0v) is 25.9. The lowest BCUT2D eigenvalue weighted by Gasteiger charge is -2.32. The lowest BCUT2D eigenvalue weighted by molar-refractivity contribution is 0.00578. The molecule has 0 radical (unpaired) electrons. The van der Waals surface area contributed by atoms with Gasteiger partial charge >= 0.3 is 14.2 Å². The highest BCUT2D eigenvalue weighted by Gasteiger charge is 2.52. The topological polar surface area (TPSA) is 58.6 Å². The maximum Gasteiger partial charge on any atom is 0.494 e. The Morgan fingerprint density at radius 3 is 1.27 bits per heavy atom. The molecule has 0 amide bonds. The first-order valence-corrected chi connectivity index (χ1v) is 14.1. The largest absolute Gasteiger partial charge is 0.497 e. The molecule has 3 aromatic carbocycles. The SMILES string of the molecule is COc1ccc(N(c2ccc(B3OC(C)(C)C(C)(C)O3)cc2)c2ccc(B3OC(C)(C)C(C)(C)O3)cc2)c(OC)c1. The van der Waals surface area contributed by atoms with E-state index in [9.17, 15) is 0 Å². The Morgan fingerprint density at radius 1 is 0.537 bits per heavy atom. The fraction of sp³-hybridized carbons (Fsp3) is 0.438. The highest BCUT2D eigenvalue weighted by atomic mass is 16.7. The molecular weight excluding hydrogens is 516 g/mol. The van der Waals surface area contributed by atoms with E-state index in [-0.39, 0.29) is 0 Å². The molecule has 2 fully saturated rings. The minimum absolute atomic E-state index is 0.405. The molecule has 41 heavy (non-hydrogen) atoms. The van der Waals surface area contributed by atoms with E-state index in [0.717, 1.165) is 33.7 Å². The summed E-state index contributed by atoms with van der Waals surface area (Å²) in [5.74, 6) is 1.41. The molecule has 216 valence electrons. The molecule has 0 unspecified atom stereocenters. The Labute approximate surface area is 245 Å². The Balaban J connectivity index is 1.51. The molecule has 0 aliphatic carbocycles. The van der Waals surface area contributed by atoms with Gasteiger partial charge < -0.3 is 33.0 Å². The molecule has 2 aliphatic rings. The van der Waals surface area contributed by atoms with E-state index in [4.69, 9.17) is 28.1 Å². The molecule has 7 nitrogen and oxygen atoms in total. The van der Waals surface area contributed by atoms with Gasteiger partial charge in [-0.2, -0.15) is 0 Å². The van der Waals surface area contributed by atoms with Gasteiger partial charge in [0, 0.05) is 17.4 Å². The minimum Gasteiger partial charge on any atom is -0.497 e. The lowest BCUT2D eigenvalue weighted by atomic mass is 9.79. The number of hydrogen-bond acceptors (Lipinski definition) is 7. The first kappa shape index (κ1) is 29.5. The van der Waals surface area contributed by atoms with Gasteiger partial charge in [-0.3, -0.25) is 0 Å². The van der Waals surface area contributed by atoms with E-state index in [0.29, 0.717) is 5.75 Å². The van der Waals surface area contributed by atoms with Gasteiger partial charge in [0.15, 0.2) is 0 Å². The smallest absolute Gasteiger partial charge is 0.494 e. The van der Waals surface area contributed by atoms with Gasteiger partial charge in [0.25, 0.3) is 0 Å². The summed E-state index contributed by atoms with van der Waals surface area (Å²) in [7, 11) is 2.45. The molecule has 0 aromatic heterocycles. The van der Waals surface area contributed by atoms with E-state index >= 15 is 0 Å². The zero-order valence-electron chi connectivity index (χ0n) is 25.9. The second-order valence-electron chi connectivity index (χ2n) is 12.7. The highest BCUT2D eigenvalue weighted by molar-refractivity contribution is 6.62. The second kappa shape index (κ2) is 10.4. The number of ether oxygens (including phenoxy) is 2. The van der Waals surface area contributed by atoms with Crippen LogP contribution >= 0.6 is 0 Å². The molecule has 3 aromatic rings. The molecule has 2 heterocycles. The molecule has 2 aliphatic heterocycles. The van der Waals surface area contributed by atoms with Crippen LogP contribution in [0.25, 0.3) is 0 Å². The predicted octanol–water partition coefficient (Wildman–Crippen LogP) is 5.77. The maximum atomic E-state index is 6.28. The predicted molar refractivity (Wildman–Crippen MR) is 166 cm³/mol. The quantitative estimate of drug-likeness (QED) is 0.342. The zero-order chi connectivity index (χ0) is 29.8. The summed E-state index contributed by atoms with van der Waals surface area (Å²) >= 11 is 0. The molecule has 0 spiro atoms. The lowest BCUT2D eigenvalue weighted by Crippen LogP contribution is -2.41. The van der Waals surface area contributed by atoms with Crippen molar-refractivity contribution < 1.29 is 28.1 Å². The average Bonchev–Trinajstić information content (AvgIpc) is 3.29. The van der Waals surface area contributed by atoms with Gasteiger partial charge in [-0.25, -0.2) is 0 Å². The Bertz CT molecular complexity index is 1280. The van der Waals surface area contributed by atoms with Crippen LogP contribution in [0.4, 0.5) is 17.1 Å². The summed E-state index contributed by atoms with van der Waals surface area (Å²) in [6, 6.07) is 22.3. The first-order valence-electron chi connectivity index (χ1n) is 14.1. The van der Waals surface area contributed by atoms with Crippen molar-refractivity contribution in [2.24, 2.45) is 0 Å². The molecule has 0 atom stereocenters. The van der Waals surface area contributed by atoms with Gasteiger partial charge in [0.05, 0.1) is 42.3 Å².